The summed E-state index contributed by atoms with van der Waals surface area (Å²) in [6, 6.07) is 0. The minimum Gasteiger partial charge on any atom is -0.624 e. The summed E-state index contributed by atoms with van der Waals surface area (Å²) < 4.78 is 0.938. The van der Waals surface area contributed by atoms with Gasteiger partial charge < -0.3 is 5.21 Å². The maximum Gasteiger partial charge on any atom is 0.164 e. The zero-order valence-electron chi connectivity index (χ0n) is 5.93. The summed E-state index contributed by atoms with van der Waals surface area (Å²) in [6.07, 6.45) is 1.53. The summed E-state index contributed by atoms with van der Waals surface area (Å²) in [4.78, 5) is 0. The average molecular weight is 115 g/mol. The summed E-state index contributed by atoms with van der Waals surface area (Å²) in [6.45, 7) is 7.36. The molecule has 2 heteroatoms. The van der Waals surface area contributed by atoms with E-state index in [-0.39, 0.29) is 5.54 Å². The third-order valence-corrected chi connectivity index (χ3v) is 0.896. The van der Waals surface area contributed by atoms with Crippen LogP contribution in [0.3, 0.4) is 0 Å². The van der Waals surface area contributed by atoms with Gasteiger partial charge in [-0.1, -0.05) is 0 Å². The van der Waals surface area contributed by atoms with Gasteiger partial charge in [0, 0.05) is 27.7 Å². The van der Waals surface area contributed by atoms with E-state index in [0.29, 0.717) is 0 Å². The molecule has 0 amide bonds. The van der Waals surface area contributed by atoms with E-state index in [1.807, 2.05) is 20.8 Å². The van der Waals surface area contributed by atoms with Crippen molar-refractivity contribution in [2.75, 3.05) is 0 Å². The van der Waals surface area contributed by atoms with Crippen LogP contribution in [0.15, 0.2) is 0 Å². The van der Waals surface area contributed by atoms with E-state index in [0.717, 1.165) is 4.74 Å². The lowest BCUT2D eigenvalue weighted by molar-refractivity contribution is -0.531. The lowest BCUT2D eigenvalue weighted by Crippen LogP contribution is -2.28. The molecule has 0 radical (unpaired) electrons. The largest absolute Gasteiger partial charge is 0.624 e. The van der Waals surface area contributed by atoms with E-state index in [1.54, 1.807) is 6.92 Å². The van der Waals surface area contributed by atoms with Crippen molar-refractivity contribution in [1.29, 1.82) is 0 Å². The van der Waals surface area contributed by atoms with Crippen LogP contribution >= 0.6 is 0 Å². The van der Waals surface area contributed by atoms with Crippen LogP contribution in [0.2, 0.25) is 0 Å². The van der Waals surface area contributed by atoms with Crippen LogP contribution in [0.25, 0.3) is 0 Å². The Morgan fingerprint density at radius 3 is 1.75 bits per heavy atom. The fourth-order valence-electron chi connectivity index (χ4n) is 0.387. The molecular formula is C6H13NO. The van der Waals surface area contributed by atoms with Crippen LogP contribution in [0, 0.1) is 5.21 Å². The van der Waals surface area contributed by atoms with Gasteiger partial charge in [-0.25, -0.2) is 4.74 Å². The van der Waals surface area contributed by atoms with E-state index >= 15 is 0 Å². The van der Waals surface area contributed by atoms with Crippen LogP contribution in [0.1, 0.15) is 27.7 Å². The molecule has 0 aliphatic rings. The second-order valence-corrected chi connectivity index (χ2v) is 2.75. The predicted octanol–water partition coefficient (Wildman–Crippen LogP) is 1.39. The fraction of sp³-hybridized carbons (Fsp3) is 0.833. The molecular weight excluding hydrogens is 102 g/mol. The first kappa shape index (κ1) is 7.47. The first-order chi connectivity index (χ1) is 3.48. The van der Waals surface area contributed by atoms with Gasteiger partial charge in [-0.3, -0.25) is 0 Å². The minimum absolute atomic E-state index is 0.269. The normalized spacial score (nSPS) is 14.2. The van der Waals surface area contributed by atoms with Gasteiger partial charge in [0.05, 0.1) is 0 Å². The molecule has 2 nitrogen and oxygen atoms in total. The van der Waals surface area contributed by atoms with Gasteiger partial charge in [0.1, 0.15) is 6.21 Å². The van der Waals surface area contributed by atoms with Gasteiger partial charge in [-0.05, 0) is 0 Å². The average Bonchev–Trinajstić information content (AvgIpc) is 1.62. The lowest BCUT2D eigenvalue weighted by Gasteiger charge is -2.17. The second-order valence-electron chi connectivity index (χ2n) is 2.75. The first-order valence-electron chi connectivity index (χ1n) is 2.74. The van der Waals surface area contributed by atoms with E-state index in [2.05, 4.69) is 0 Å². The molecule has 0 spiro atoms. The van der Waals surface area contributed by atoms with E-state index < -0.39 is 0 Å². The third-order valence-electron chi connectivity index (χ3n) is 0.896. The highest BCUT2D eigenvalue weighted by molar-refractivity contribution is 5.47. The number of hydroxylamine groups is 1. The number of hydrogen-bond acceptors (Lipinski definition) is 1. The van der Waals surface area contributed by atoms with Crippen LogP contribution in [0.4, 0.5) is 0 Å². The van der Waals surface area contributed by atoms with Crippen LogP contribution in [-0.2, 0) is 0 Å². The molecule has 0 fully saturated rings. The highest BCUT2D eigenvalue weighted by Gasteiger charge is 2.16. The molecule has 0 rings (SSSR count). The van der Waals surface area contributed by atoms with Crippen molar-refractivity contribution in [3.63, 3.8) is 0 Å². The Balaban J connectivity index is 4.03. The highest BCUT2D eigenvalue weighted by Crippen LogP contribution is 2.03. The van der Waals surface area contributed by atoms with Gasteiger partial charge in [0.25, 0.3) is 0 Å². The van der Waals surface area contributed by atoms with Crippen LogP contribution < -0.4 is 0 Å². The molecule has 0 aliphatic carbocycles. The summed E-state index contributed by atoms with van der Waals surface area (Å²) >= 11 is 0. The summed E-state index contributed by atoms with van der Waals surface area (Å²) in [5.41, 5.74) is -0.269. The molecule has 0 saturated carbocycles. The molecule has 8 heavy (non-hydrogen) atoms. The zero-order chi connectivity index (χ0) is 6.78. The molecule has 0 N–H and O–H groups in total. The van der Waals surface area contributed by atoms with Crippen molar-refractivity contribution in [3.8, 4) is 0 Å². The summed E-state index contributed by atoms with van der Waals surface area (Å²) in [5.74, 6) is 0. The van der Waals surface area contributed by atoms with Gasteiger partial charge >= 0.3 is 0 Å². The Kier molecular flexibility index (Phi) is 2.02. The highest BCUT2D eigenvalue weighted by atomic mass is 16.5. The van der Waals surface area contributed by atoms with Crippen molar-refractivity contribution in [3.05, 3.63) is 5.21 Å². The number of hydrogen-bond donors (Lipinski definition) is 0. The molecule has 0 aromatic rings. The second kappa shape index (κ2) is 2.16. The van der Waals surface area contributed by atoms with Gasteiger partial charge in [0.15, 0.2) is 5.54 Å². The molecule has 48 valence electrons. The fourth-order valence-corrected chi connectivity index (χ4v) is 0.387. The maximum atomic E-state index is 10.7. The monoisotopic (exact) mass is 115 g/mol. The Labute approximate surface area is 50.4 Å². The zero-order valence-corrected chi connectivity index (χ0v) is 5.93. The molecule has 0 aromatic heterocycles. The molecule has 0 heterocycles. The number of rotatable bonds is 0. The smallest absolute Gasteiger partial charge is 0.164 e. The standard InChI is InChI=1S/C6H13NO/c1-5-7(8)6(2,3)4/h5H,1-4H3/b7-5-. The van der Waals surface area contributed by atoms with Gasteiger partial charge in [-0.15, -0.1) is 0 Å². The van der Waals surface area contributed by atoms with Crippen LogP contribution in [-0.4, -0.2) is 16.5 Å². The van der Waals surface area contributed by atoms with Gasteiger partial charge in [-0.2, -0.15) is 0 Å². The molecule has 0 aliphatic heterocycles. The third kappa shape index (κ3) is 1.96. The van der Waals surface area contributed by atoms with E-state index in [9.17, 15) is 5.21 Å². The Morgan fingerprint density at radius 2 is 1.75 bits per heavy atom. The van der Waals surface area contributed by atoms with Crippen molar-refractivity contribution < 1.29 is 4.74 Å². The quantitative estimate of drug-likeness (QED) is 0.203. The van der Waals surface area contributed by atoms with Crippen molar-refractivity contribution >= 4 is 6.21 Å². The predicted molar refractivity (Wildman–Crippen MR) is 35.1 cm³/mol. The molecule has 0 aromatic carbocycles. The van der Waals surface area contributed by atoms with Crippen molar-refractivity contribution in [1.82, 2.24) is 0 Å². The Morgan fingerprint density at radius 1 is 1.38 bits per heavy atom. The molecule has 0 bridgehead atoms. The Bertz CT molecular complexity index is 99.6. The minimum atomic E-state index is -0.269. The summed E-state index contributed by atoms with van der Waals surface area (Å²) in [5, 5.41) is 10.7. The molecule has 0 unspecified atom stereocenters. The van der Waals surface area contributed by atoms with E-state index in [1.165, 1.54) is 6.21 Å². The van der Waals surface area contributed by atoms with Crippen molar-refractivity contribution in [2.45, 2.75) is 33.2 Å². The Hall–Kier alpha value is -0.530. The molecule has 0 atom stereocenters. The molecule has 0 saturated heterocycles. The summed E-state index contributed by atoms with van der Waals surface area (Å²) in [7, 11) is 0. The van der Waals surface area contributed by atoms with Gasteiger partial charge in [0.2, 0.25) is 0 Å². The van der Waals surface area contributed by atoms with Crippen molar-refractivity contribution in [2.24, 2.45) is 0 Å². The van der Waals surface area contributed by atoms with E-state index in [4.69, 9.17) is 0 Å². The topological polar surface area (TPSA) is 26.1 Å². The maximum absolute atomic E-state index is 10.7. The SMILES string of the molecule is C/C=[N+](\[O-])C(C)(C)C. The van der Waals surface area contributed by atoms with Crippen LogP contribution in [0.5, 0.6) is 0 Å². The lowest BCUT2D eigenvalue weighted by atomic mass is 10.1. The first-order valence-corrected chi connectivity index (χ1v) is 2.74. The number of nitrogens with zero attached hydrogens (tertiary/aromatic N) is 1.